The summed E-state index contributed by atoms with van der Waals surface area (Å²) in [5.74, 6) is -1.88. The Morgan fingerprint density at radius 3 is 1.68 bits per heavy atom. The molecule has 2 rings (SSSR count). The van der Waals surface area contributed by atoms with E-state index in [-0.39, 0.29) is 19.4 Å². The van der Waals surface area contributed by atoms with Gasteiger partial charge in [-0.25, -0.2) is 14.4 Å². The lowest BCUT2D eigenvalue weighted by atomic mass is 9.82. The van der Waals surface area contributed by atoms with E-state index < -0.39 is 41.3 Å². The van der Waals surface area contributed by atoms with Crippen molar-refractivity contribution in [3.63, 3.8) is 0 Å². The number of hydrogen-bond donors (Lipinski definition) is 0. The zero-order chi connectivity index (χ0) is 21.4. The van der Waals surface area contributed by atoms with Gasteiger partial charge in [0.15, 0.2) is 12.2 Å². The molecular formula is C18H22O10. The highest BCUT2D eigenvalue weighted by Gasteiger charge is 2.68. The maximum absolute atomic E-state index is 11.9. The first kappa shape index (κ1) is 23.2. The Balaban J connectivity index is 0.00000122. The predicted molar refractivity (Wildman–Crippen MR) is 89.5 cm³/mol. The van der Waals surface area contributed by atoms with Crippen molar-refractivity contribution >= 4 is 24.1 Å². The summed E-state index contributed by atoms with van der Waals surface area (Å²) in [6.07, 6.45) is 3.74. The molecule has 2 aliphatic heterocycles. The van der Waals surface area contributed by atoms with Crippen molar-refractivity contribution in [3.8, 4) is 0 Å². The molecule has 0 aromatic rings. The van der Waals surface area contributed by atoms with Crippen molar-refractivity contribution in [1.82, 2.24) is 0 Å². The molecule has 2 aliphatic rings. The highest BCUT2D eigenvalue weighted by molar-refractivity contribution is 5.91. The van der Waals surface area contributed by atoms with Gasteiger partial charge in [-0.1, -0.05) is 6.08 Å². The van der Waals surface area contributed by atoms with Gasteiger partial charge in [0.2, 0.25) is 0 Å². The van der Waals surface area contributed by atoms with Gasteiger partial charge in [0, 0.05) is 18.2 Å². The van der Waals surface area contributed by atoms with Crippen LogP contribution >= 0.6 is 0 Å². The molecule has 0 aliphatic carbocycles. The number of carbonyl (C=O) groups is 3. The van der Waals surface area contributed by atoms with E-state index in [1.54, 1.807) is 26.8 Å². The zero-order valence-electron chi connectivity index (χ0n) is 16.0. The third kappa shape index (κ3) is 4.92. The molecule has 0 N–H and O–H groups in total. The minimum Gasteiger partial charge on any atom is -0.466 e. The van der Waals surface area contributed by atoms with Crippen LogP contribution in [-0.4, -0.2) is 67.8 Å². The van der Waals surface area contributed by atoms with Crippen molar-refractivity contribution in [3.05, 3.63) is 24.3 Å². The predicted octanol–water partition coefficient (Wildman–Crippen LogP) is 0.110. The van der Waals surface area contributed by atoms with Gasteiger partial charge in [0.25, 0.3) is 0 Å². The summed E-state index contributed by atoms with van der Waals surface area (Å²) in [6.45, 7) is 5.42. The van der Waals surface area contributed by atoms with Gasteiger partial charge in [-0.05, 0) is 20.8 Å². The molecule has 0 bridgehead atoms. The third-order valence-corrected chi connectivity index (χ3v) is 4.66. The lowest BCUT2D eigenvalue weighted by molar-refractivity contribution is -0.191. The summed E-state index contributed by atoms with van der Waals surface area (Å²) in [7, 11) is 1.21. The molecule has 154 valence electrons. The second-order valence-electron chi connectivity index (χ2n) is 6.13. The Bertz CT molecular complexity index is 690. The minimum atomic E-state index is -0.983. The minimum absolute atomic E-state index is 0.0858. The molecule has 10 heteroatoms. The van der Waals surface area contributed by atoms with Gasteiger partial charge in [-0.3, -0.25) is 0 Å². The average molecular weight is 398 g/mol. The van der Waals surface area contributed by atoms with Gasteiger partial charge < -0.3 is 23.7 Å². The van der Waals surface area contributed by atoms with E-state index >= 15 is 0 Å². The molecule has 0 saturated carbocycles. The number of fused-ring (bicyclic) bond motifs is 1. The van der Waals surface area contributed by atoms with Crippen LogP contribution in [0.25, 0.3) is 0 Å². The van der Waals surface area contributed by atoms with Gasteiger partial charge >= 0.3 is 24.1 Å². The normalized spacial score (nSPS) is 30.9. The van der Waals surface area contributed by atoms with Gasteiger partial charge in [-0.15, -0.1) is 0 Å². The fourth-order valence-corrected chi connectivity index (χ4v) is 2.92. The molecule has 2 fully saturated rings. The smallest absolute Gasteiger partial charge is 0.373 e. The highest BCUT2D eigenvalue weighted by Crippen LogP contribution is 2.48. The largest absolute Gasteiger partial charge is 0.466 e. The van der Waals surface area contributed by atoms with E-state index in [1.165, 1.54) is 13.2 Å². The molecule has 0 aromatic heterocycles. The van der Waals surface area contributed by atoms with Crippen LogP contribution in [0.3, 0.4) is 0 Å². The Labute approximate surface area is 161 Å². The standard InChI is InChI=1S/C17H22O8.CO2/c1-5-6-14(19)24-11-9-22-17(3)12(10-23-16(11,17)2)25-15(20)8-7-13(18)21-4;2-1-3/h5-8,11-12H,9-10H2,1-4H3;/b6-5+,8-7+;/t11-,12+,16-,17-;/m0./s1. The molecule has 0 radical (unpaired) electrons. The van der Waals surface area contributed by atoms with Crippen molar-refractivity contribution in [2.75, 3.05) is 20.3 Å². The number of carbonyl (C=O) groups excluding carboxylic acids is 5. The van der Waals surface area contributed by atoms with E-state index in [4.69, 9.17) is 28.5 Å². The maximum Gasteiger partial charge on any atom is 0.373 e. The van der Waals surface area contributed by atoms with Crippen molar-refractivity contribution < 1.29 is 47.7 Å². The third-order valence-electron chi connectivity index (χ3n) is 4.66. The molecular weight excluding hydrogens is 376 g/mol. The van der Waals surface area contributed by atoms with E-state index in [0.29, 0.717) is 0 Å². The maximum atomic E-state index is 11.9. The second kappa shape index (κ2) is 9.93. The Kier molecular flexibility index (Phi) is 8.24. The molecule has 0 spiro atoms. The Morgan fingerprint density at radius 1 is 0.893 bits per heavy atom. The fraction of sp³-hybridized carbons (Fsp3) is 0.556. The Morgan fingerprint density at radius 2 is 1.29 bits per heavy atom. The van der Waals surface area contributed by atoms with E-state index in [9.17, 15) is 14.4 Å². The zero-order valence-corrected chi connectivity index (χ0v) is 16.0. The second-order valence-corrected chi connectivity index (χ2v) is 6.13. The van der Waals surface area contributed by atoms with Crippen LogP contribution in [0.4, 0.5) is 0 Å². The van der Waals surface area contributed by atoms with Crippen LogP contribution in [0.5, 0.6) is 0 Å². The summed E-state index contributed by atoms with van der Waals surface area (Å²) >= 11 is 0. The number of hydrogen-bond acceptors (Lipinski definition) is 10. The van der Waals surface area contributed by atoms with Gasteiger partial charge in [-0.2, -0.15) is 9.59 Å². The van der Waals surface area contributed by atoms with Gasteiger partial charge in [0.1, 0.15) is 11.2 Å². The quantitative estimate of drug-likeness (QED) is 0.357. The van der Waals surface area contributed by atoms with Crippen LogP contribution in [0.15, 0.2) is 24.3 Å². The number of ether oxygens (including phenoxy) is 5. The first-order valence-corrected chi connectivity index (χ1v) is 8.25. The van der Waals surface area contributed by atoms with E-state index in [2.05, 4.69) is 4.74 Å². The van der Waals surface area contributed by atoms with Crippen molar-refractivity contribution in [2.24, 2.45) is 0 Å². The lowest BCUT2D eigenvalue weighted by Gasteiger charge is -2.35. The summed E-state index contributed by atoms with van der Waals surface area (Å²) in [5, 5.41) is 0. The van der Waals surface area contributed by atoms with Crippen LogP contribution in [0, 0.1) is 0 Å². The van der Waals surface area contributed by atoms with Crippen molar-refractivity contribution in [2.45, 2.75) is 44.2 Å². The number of esters is 3. The molecule has 2 heterocycles. The average Bonchev–Trinajstić information content (AvgIpc) is 3.04. The SMILES string of the molecule is C/C=C/C(=O)O[C@H]1CO[C@@]2(C)[C@H](OC(=O)/C=C/C(=O)OC)CO[C@@]12C.O=C=O. The monoisotopic (exact) mass is 398 g/mol. The van der Waals surface area contributed by atoms with E-state index in [1.807, 2.05) is 0 Å². The number of rotatable bonds is 5. The topological polar surface area (TPSA) is 132 Å². The van der Waals surface area contributed by atoms with Crippen LogP contribution in [0.2, 0.25) is 0 Å². The highest BCUT2D eigenvalue weighted by atomic mass is 16.7. The molecule has 4 atom stereocenters. The first-order valence-electron chi connectivity index (χ1n) is 8.25. The number of allylic oxidation sites excluding steroid dienone is 1. The molecule has 0 amide bonds. The number of methoxy groups -OCH3 is 1. The van der Waals surface area contributed by atoms with E-state index in [0.717, 1.165) is 12.2 Å². The molecule has 28 heavy (non-hydrogen) atoms. The van der Waals surface area contributed by atoms with Crippen LogP contribution < -0.4 is 0 Å². The van der Waals surface area contributed by atoms with Crippen molar-refractivity contribution in [1.29, 1.82) is 0 Å². The van der Waals surface area contributed by atoms with Gasteiger partial charge in [0.05, 0.1) is 20.3 Å². The molecule has 2 saturated heterocycles. The summed E-state index contributed by atoms with van der Waals surface area (Å²) < 4.78 is 26.8. The molecule has 0 aromatic carbocycles. The lowest BCUT2D eigenvalue weighted by Crippen LogP contribution is -2.55. The summed E-state index contributed by atoms with van der Waals surface area (Å²) in [6, 6.07) is 0. The van der Waals surface area contributed by atoms with Crippen LogP contribution in [-0.2, 0) is 47.7 Å². The fourth-order valence-electron chi connectivity index (χ4n) is 2.92. The molecule has 10 nitrogen and oxygen atoms in total. The Hall–Kier alpha value is -2.81. The summed E-state index contributed by atoms with van der Waals surface area (Å²) in [5.41, 5.74) is -1.94. The first-order chi connectivity index (χ1) is 13.2. The van der Waals surface area contributed by atoms with Crippen LogP contribution in [0.1, 0.15) is 20.8 Å². The molecule has 0 unspecified atom stereocenters. The summed E-state index contributed by atoms with van der Waals surface area (Å²) in [4.78, 5) is 50.9.